The van der Waals surface area contributed by atoms with Crippen LogP contribution >= 0.6 is 23.5 Å². The first-order valence-corrected chi connectivity index (χ1v) is 13.6. The zero-order valence-electron chi connectivity index (χ0n) is 17.7. The standard InChI is InChI=1S/C14H21FN3O14P3/c1-7-6-9(16)17-13(20)18(7)12-14(21,4-3-5-15)11(19)10(29-12)8(2)30-34(25,26)32-35(27,28)31-33(22,23)24/h6,8,10-12,19,21H,5H2,1-2H3,(H,25,26)(H,27,28)(H2,16,17,20)(H2,22,23,24)/t8-,10-,11+,12-,14?/m1/s1. The van der Waals surface area contributed by atoms with Crippen LogP contribution in [0.1, 0.15) is 18.8 Å². The molecule has 1 aliphatic rings. The highest BCUT2D eigenvalue weighted by Gasteiger charge is 2.59. The molecule has 8 N–H and O–H groups in total. The highest BCUT2D eigenvalue weighted by Crippen LogP contribution is 2.66. The summed E-state index contributed by atoms with van der Waals surface area (Å²) < 4.78 is 65.0. The molecule has 3 unspecified atom stereocenters. The topological polar surface area (TPSA) is 270 Å². The first kappa shape index (κ1) is 29.7. The summed E-state index contributed by atoms with van der Waals surface area (Å²) in [5, 5.41) is 21.7. The second kappa shape index (κ2) is 10.4. The number of hydrogen-bond acceptors (Lipinski definition) is 12. The molecule has 0 aliphatic carbocycles. The van der Waals surface area contributed by atoms with Gasteiger partial charge in [0.15, 0.2) is 11.8 Å². The molecular weight excluding hydrogens is 546 g/mol. The molecule has 1 fully saturated rings. The van der Waals surface area contributed by atoms with E-state index in [4.69, 9.17) is 20.3 Å². The van der Waals surface area contributed by atoms with E-state index in [1.807, 2.05) is 11.8 Å². The molecule has 2 rings (SSSR count). The third-order valence-electron chi connectivity index (χ3n) is 4.36. The summed E-state index contributed by atoms with van der Waals surface area (Å²) in [6.07, 6.45) is -7.67. The minimum atomic E-state index is -5.84. The van der Waals surface area contributed by atoms with Crippen molar-refractivity contribution in [1.29, 1.82) is 0 Å². The van der Waals surface area contributed by atoms with Crippen molar-refractivity contribution in [2.75, 3.05) is 12.4 Å². The Kier molecular flexibility index (Phi) is 8.86. The molecule has 0 bridgehead atoms. The lowest BCUT2D eigenvalue weighted by molar-refractivity contribution is -0.0877. The van der Waals surface area contributed by atoms with E-state index < -0.39 is 66.0 Å². The van der Waals surface area contributed by atoms with Crippen LogP contribution in [0.2, 0.25) is 0 Å². The minimum Gasteiger partial charge on any atom is -0.386 e. The second-order valence-corrected chi connectivity index (χ2v) is 11.4. The number of aryl methyl sites for hydroxylation is 1. The quantitative estimate of drug-likeness (QED) is 0.144. The monoisotopic (exact) mass is 567 g/mol. The molecule has 7 atom stereocenters. The van der Waals surface area contributed by atoms with Crippen molar-refractivity contribution < 1.29 is 65.8 Å². The Hall–Kier alpha value is -1.54. The smallest absolute Gasteiger partial charge is 0.386 e. The summed E-state index contributed by atoms with van der Waals surface area (Å²) in [5.74, 6) is 3.69. The minimum absolute atomic E-state index is 0.0568. The third kappa shape index (κ3) is 7.25. The van der Waals surface area contributed by atoms with Crippen molar-refractivity contribution in [3.05, 3.63) is 22.2 Å². The van der Waals surface area contributed by atoms with E-state index in [-0.39, 0.29) is 11.5 Å². The van der Waals surface area contributed by atoms with E-state index in [0.717, 1.165) is 6.92 Å². The number of phosphoric acid groups is 3. The van der Waals surface area contributed by atoms with Crippen LogP contribution in [0.3, 0.4) is 0 Å². The maximum absolute atomic E-state index is 12.7. The number of aliphatic hydroxyl groups is 2. The number of hydrogen-bond donors (Lipinski definition) is 7. The van der Waals surface area contributed by atoms with E-state index in [1.54, 1.807) is 0 Å². The van der Waals surface area contributed by atoms with Crippen molar-refractivity contribution in [3.8, 4) is 11.8 Å². The van der Waals surface area contributed by atoms with Crippen molar-refractivity contribution in [3.63, 3.8) is 0 Å². The van der Waals surface area contributed by atoms with Gasteiger partial charge in [-0.25, -0.2) is 22.9 Å². The molecule has 0 aromatic carbocycles. The molecule has 1 aliphatic heterocycles. The number of alkyl halides is 1. The van der Waals surface area contributed by atoms with E-state index in [9.17, 15) is 42.9 Å². The first-order valence-electron chi connectivity index (χ1n) is 9.11. The average molecular weight is 567 g/mol. The number of rotatable bonds is 8. The van der Waals surface area contributed by atoms with Gasteiger partial charge in [-0.1, -0.05) is 11.8 Å². The Bertz CT molecular complexity index is 1230. The summed E-state index contributed by atoms with van der Waals surface area (Å²) in [6.45, 7) is 1.02. The molecule has 1 aromatic rings. The van der Waals surface area contributed by atoms with Crippen molar-refractivity contribution in [2.45, 2.75) is 44.0 Å². The van der Waals surface area contributed by atoms with Gasteiger partial charge in [0.05, 0.1) is 6.10 Å². The lowest BCUT2D eigenvalue weighted by Gasteiger charge is -2.28. The fourth-order valence-corrected chi connectivity index (χ4v) is 6.34. The summed E-state index contributed by atoms with van der Waals surface area (Å²) in [7, 11) is -17.1. The molecule has 1 saturated heterocycles. The van der Waals surface area contributed by atoms with Crippen LogP contribution in [0.15, 0.2) is 10.9 Å². The molecule has 198 valence electrons. The number of ether oxygens (including phenoxy) is 1. The average Bonchev–Trinajstić information content (AvgIpc) is 2.88. The zero-order valence-corrected chi connectivity index (χ0v) is 20.4. The summed E-state index contributed by atoms with van der Waals surface area (Å²) in [6, 6.07) is 1.20. The molecular formula is C14H21FN3O14P3. The zero-order chi connectivity index (χ0) is 27.0. The molecule has 21 heteroatoms. The van der Waals surface area contributed by atoms with E-state index >= 15 is 0 Å². The number of phosphoric ester groups is 1. The van der Waals surface area contributed by atoms with Crippen molar-refractivity contribution in [2.24, 2.45) is 0 Å². The molecule has 1 aromatic heterocycles. The Labute approximate surface area is 195 Å². The van der Waals surface area contributed by atoms with Gasteiger partial charge in [-0.3, -0.25) is 9.09 Å². The predicted molar refractivity (Wildman–Crippen MR) is 111 cm³/mol. The van der Waals surface area contributed by atoms with E-state index in [0.29, 0.717) is 4.57 Å². The Morgan fingerprint density at radius 3 is 2.40 bits per heavy atom. The van der Waals surface area contributed by atoms with Crippen LogP contribution in [-0.2, 0) is 31.6 Å². The molecule has 17 nitrogen and oxygen atoms in total. The van der Waals surface area contributed by atoms with Crippen LogP contribution in [0.4, 0.5) is 10.2 Å². The van der Waals surface area contributed by atoms with Gasteiger partial charge in [0.1, 0.15) is 24.7 Å². The van der Waals surface area contributed by atoms with Crippen LogP contribution in [0, 0.1) is 18.8 Å². The molecule has 35 heavy (non-hydrogen) atoms. The number of aromatic nitrogens is 2. The SMILES string of the molecule is Cc1cc(N)nc(=O)n1[C@@H]1O[C@H]([C@@H](C)OP(=O)(O)OP(=O)(O)OP(=O)(O)O)[C@H](O)C1(O)C#CCF. The molecule has 0 radical (unpaired) electrons. The molecule has 0 saturated carbocycles. The van der Waals surface area contributed by atoms with Gasteiger partial charge in [-0.15, -0.1) is 0 Å². The van der Waals surface area contributed by atoms with Gasteiger partial charge in [-0.2, -0.15) is 13.6 Å². The molecule has 0 spiro atoms. The summed E-state index contributed by atoms with van der Waals surface area (Å²) >= 11 is 0. The van der Waals surface area contributed by atoms with Crippen molar-refractivity contribution in [1.82, 2.24) is 9.55 Å². The Morgan fingerprint density at radius 2 is 1.89 bits per heavy atom. The maximum Gasteiger partial charge on any atom is 0.490 e. The number of nitrogens with zero attached hydrogens (tertiary/aromatic N) is 2. The fraction of sp³-hybridized carbons (Fsp3) is 0.571. The van der Waals surface area contributed by atoms with Gasteiger partial charge in [-0.05, 0) is 19.9 Å². The summed E-state index contributed by atoms with van der Waals surface area (Å²) in [4.78, 5) is 52.0. The van der Waals surface area contributed by atoms with E-state index in [2.05, 4.69) is 18.1 Å². The number of halogens is 1. The number of nitrogens with two attached hydrogens (primary N) is 1. The fourth-order valence-electron chi connectivity index (χ4n) is 3.14. The lowest BCUT2D eigenvalue weighted by Crippen LogP contribution is -2.49. The van der Waals surface area contributed by atoms with Crippen molar-refractivity contribution >= 4 is 29.3 Å². The number of nitrogen functional groups attached to an aromatic ring is 1. The highest BCUT2D eigenvalue weighted by atomic mass is 31.3. The largest absolute Gasteiger partial charge is 0.490 e. The first-order chi connectivity index (χ1) is 15.8. The van der Waals surface area contributed by atoms with Gasteiger partial charge >= 0.3 is 29.2 Å². The van der Waals surface area contributed by atoms with Gasteiger partial charge in [0.2, 0.25) is 0 Å². The Morgan fingerprint density at radius 1 is 1.29 bits per heavy atom. The highest BCUT2D eigenvalue weighted by molar-refractivity contribution is 7.66. The third-order valence-corrected chi connectivity index (χ3v) is 8.29. The molecule has 0 amide bonds. The van der Waals surface area contributed by atoms with E-state index in [1.165, 1.54) is 13.0 Å². The lowest BCUT2D eigenvalue weighted by atomic mass is 9.92. The van der Waals surface area contributed by atoms with Crippen LogP contribution in [0.25, 0.3) is 0 Å². The van der Waals surface area contributed by atoms with Gasteiger partial charge in [0.25, 0.3) is 0 Å². The maximum atomic E-state index is 12.7. The molecule has 2 heterocycles. The predicted octanol–water partition coefficient (Wildman–Crippen LogP) is -1.17. The normalized spacial score (nSPS) is 29.0. The van der Waals surface area contributed by atoms with Crippen LogP contribution in [-0.4, -0.2) is 69.9 Å². The second-order valence-electron chi connectivity index (χ2n) is 7.04. The van der Waals surface area contributed by atoms with Gasteiger partial charge < -0.3 is 40.3 Å². The van der Waals surface area contributed by atoms with Gasteiger partial charge in [0, 0.05) is 5.69 Å². The summed E-state index contributed by atoms with van der Waals surface area (Å²) in [5.41, 5.74) is 1.76. The number of anilines is 1. The van der Waals surface area contributed by atoms with Crippen LogP contribution in [0.5, 0.6) is 0 Å². The Balaban J connectivity index is 2.39. The van der Waals surface area contributed by atoms with Crippen LogP contribution < -0.4 is 11.4 Å². The number of aliphatic hydroxyl groups excluding tert-OH is 1.